The molecule has 1 aliphatic rings. The third-order valence-electron chi connectivity index (χ3n) is 3.53. The van der Waals surface area contributed by atoms with E-state index in [2.05, 4.69) is 26.0 Å². The van der Waals surface area contributed by atoms with Crippen molar-refractivity contribution >= 4 is 26.0 Å². The van der Waals surface area contributed by atoms with E-state index in [-0.39, 0.29) is 17.0 Å². The fourth-order valence-electron chi connectivity index (χ4n) is 2.46. The van der Waals surface area contributed by atoms with E-state index in [0.717, 1.165) is 18.4 Å². The molecule has 0 amide bonds. The lowest BCUT2D eigenvalue weighted by molar-refractivity contribution is 0.0902. The molecular weight excluding hydrogens is 356 g/mol. The van der Waals surface area contributed by atoms with Crippen LogP contribution in [0.1, 0.15) is 25.3 Å². The van der Waals surface area contributed by atoms with Crippen molar-refractivity contribution in [3.8, 4) is 0 Å². The first-order chi connectivity index (χ1) is 9.94. The minimum Gasteiger partial charge on any atom is -0.377 e. The van der Waals surface area contributed by atoms with Crippen molar-refractivity contribution in [2.24, 2.45) is 0 Å². The first-order valence-electron chi connectivity index (χ1n) is 7.01. The van der Waals surface area contributed by atoms with Gasteiger partial charge in [-0.2, -0.15) is 0 Å². The fraction of sp³-hybridized carbons (Fsp3) is 0.571. The third-order valence-corrected chi connectivity index (χ3v) is 6.07. The van der Waals surface area contributed by atoms with E-state index in [1.54, 1.807) is 6.07 Å². The van der Waals surface area contributed by atoms with Gasteiger partial charge in [0.1, 0.15) is 0 Å². The average Bonchev–Trinajstić information content (AvgIpc) is 2.92. The molecule has 2 rings (SSSR count). The summed E-state index contributed by atoms with van der Waals surface area (Å²) >= 11 is 3.35. The minimum absolute atomic E-state index is 0.0397. The van der Waals surface area contributed by atoms with E-state index in [1.807, 2.05) is 26.1 Å². The minimum atomic E-state index is -3.56. The number of rotatable bonds is 6. The zero-order valence-corrected chi connectivity index (χ0v) is 14.6. The highest BCUT2D eigenvalue weighted by molar-refractivity contribution is 9.10. The molecule has 2 unspecified atom stereocenters. The van der Waals surface area contributed by atoms with E-state index in [1.165, 1.54) is 0 Å². The first-order valence-corrected chi connectivity index (χ1v) is 9.28. The van der Waals surface area contributed by atoms with Crippen molar-refractivity contribution in [2.45, 2.75) is 43.4 Å². The highest BCUT2D eigenvalue weighted by Crippen LogP contribution is 2.24. The molecule has 7 heteroatoms. The van der Waals surface area contributed by atoms with Gasteiger partial charge < -0.3 is 10.1 Å². The Labute approximate surface area is 134 Å². The molecule has 5 nitrogen and oxygen atoms in total. The van der Waals surface area contributed by atoms with E-state index in [9.17, 15) is 8.42 Å². The van der Waals surface area contributed by atoms with Crippen molar-refractivity contribution < 1.29 is 13.2 Å². The topological polar surface area (TPSA) is 67.4 Å². The summed E-state index contributed by atoms with van der Waals surface area (Å²) in [6.07, 6.45) is 1.84. The van der Waals surface area contributed by atoms with E-state index >= 15 is 0 Å². The highest BCUT2D eigenvalue weighted by atomic mass is 79.9. The smallest absolute Gasteiger partial charge is 0.242 e. The second kappa shape index (κ2) is 7.19. The number of hydrogen-bond donors (Lipinski definition) is 2. The Kier molecular flexibility index (Phi) is 5.79. The maximum absolute atomic E-state index is 12.5. The molecule has 2 N–H and O–H groups in total. The monoisotopic (exact) mass is 376 g/mol. The zero-order valence-electron chi connectivity index (χ0n) is 12.2. The van der Waals surface area contributed by atoms with E-state index in [0.29, 0.717) is 17.6 Å². The summed E-state index contributed by atoms with van der Waals surface area (Å²) in [5, 5.41) is 3.04. The zero-order chi connectivity index (χ0) is 15.5. The highest BCUT2D eigenvalue weighted by Gasteiger charge is 2.27. The molecule has 21 heavy (non-hydrogen) atoms. The standard InChI is InChI=1S/C14H21BrN2O3S/c1-10(13-4-3-7-20-13)17-21(18,19)14-6-5-11(9-16-2)8-12(14)15/h5-6,8,10,13,16-17H,3-4,7,9H2,1-2H3. The van der Waals surface area contributed by atoms with Crippen LogP contribution in [0.2, 0.25) is 0 Å². The predicted octanol–water partition coefficient (Wildman–Crippen LogP) is 2.01. The Morgan fingerprint density at radius 1 is 1.48 bits per heavy atom. The molecule has 1 fully saturated rings. The largest absolute Gasteiger partial charge is 0.377 e. The molecule has 0 aromatic heterocycles. The summed E-state index contributed by atoms with van der Waals surface area (Å²) in [5.41, 5.74) is 1.02. The van der Waals surface area contributed by atoms with Crippen molar-refractivity contribution in [3.05, 3.63) is 28.2 Å². The maximum atomic E-state index is 12.5. The van der Waals surface area contributed by atoms with E-state index < -0.39 is 10.0 Å². The van der Waals surface area contributed by atoms with Gasteiger partial charge in [-0.3, -0.25) is 0 Å². The van der Waals surface area contributed by atoms with Gasteiger partial charge in [-0.25, -0.2) is 13.1 Å². The average molecular weight is 377 g/mol. The summed E-state index contributed by atoms with van der Waals surface area (Å²) in [7, 11) is -1.71. The molecule has 2 atom stereocenters. The van der Waals surface area contributed by atoms with Gasteiger partial charge in [0.2, 0.25) is 10.0 Å². The van der Waals surface area contributed by atoms with Crippen LogP contribution in [-0.4, -0.2) is 34.2 Å². The van der Waals surface area contributed by atoms with Crippen LogP contribution in [0.3, 0.4) is 0 Å². The molecule has 0 saturated carbocycles. The van der Waals surface area contributed by atoms with Gasteiger partial charge >= 0.3 is 0 Å². The maximum Gasteiger partial charge on any atom is 0.242 e. The fourth-order valence-corrected chi connectivity index (χ4v) is 4.85. The second-order valence-corrected chi connectivity index (χ2v) is 7.79. The van der Waals surface area contributed by atoms with Gasteiger partial charge in [-0.15, -0.1) is 0 Å². The summed E-state index contributed by atoms with van der Waals surface area (Å²) < 4.78 is 33.8. The molecular formula is C14H21BrN2O3S. The number of benzene rings is 1. The Morgan fingerprint density at radius 2 is 2.24 bits per heavy atom. The number of halogens is 1. The van der Waals surface area contributed by atoms with Gasteiger partial charge in [-0.05, 0) is 60.4 Å². The predicted molar refractivity (Wildman–Crippen MR) is 85.7 cm³/mol. The molecule has 118 valence electrons. The van der Waals surface area contributed by atoms with Crippen LogP contribution in [0.25, 0.3) is 0 Å². The number of sulfonamides is 1. The van der Waals surface area contributed by atoms with Gasteiger partial charge in [-0.1, -0.05) is 6.07 Å². The number of nitrogens with one attached hydrogen (secondary N) is 2. The summed E-state index contributed by atoms with van der Waals surface area (Å²) in [6.45, 7) is 3.24. The summed E-state index contributed by atoms with van der Waals surface area (Å²) in [5.74, 6) is 0. The molecule has 1 aromatic carbocycles. The van der Waals surface area contributed by atoms with Gasteiger partial charge in [0.05, 0.1) is 11.0 Å². The van der Waals surface area contributed by atoms with E-state index in [4.69, 9.17) is 4.74 Å². The number of ether oxygens (including phenoxy) is 1. The number of hydrogen-bond acceptors (Lipinski definition) is 4. The van der Waals surface area contributed by atoms with Gasteiger partial charge in [0.15, 0.2) is 0 Å². The lowest BCUT2D eigenvalue weighted by Crippen LogP contribution is -2.40. The molecule has 1 aliphatic heterocycles. The van der Waals surface area contributed by atoms with Gasteiger partial charge in [0, 0.05) is 23.7 Å². The molecule has 1 saturated heterocycles. The molecule has 0 spiro atoms. The molecule has 1 heterocycles. The quantitative estimate of drug-likeness (QED) is 0.796. The molecule has 1 aromatic rings. The first kappa shape index (κ1) is 16.9. The van der Waals surface area contributed by atoms with Crippen molar-refractivity contribution in [1.29, 1.82) is 0 Å². The summed E-state index contributed by atoms with van der Waals surface area (Å²) in [4.78, 5) is 0.257. The van der Waals surface area contributed by atoms with Crippen LogP contribution in [0.5, 0.6) is 0 Å². The normalized spacial score (nSPS) is 20.6. The van der Waals surface area contributed by atoms with Crippen LogP contribution in [-0.2, 0) is 21.3 Å². The Hall–Kier alpha value is -0.470. The Morgan fingerprint density at radius 3 is 2.81 bits per heavy atom. The molecule has 0 radical (unpaired) electrons. The van der Waals surface area contributed by atoms with Crippen molar-refractivity contribution in [2.75, 3.05) is 13.7 Å². The van der Waals surface area contributed by atoms with Crippen molar-refractivity contribution in [3.63, 3.8) is 0 Å². The van der Waals surface area contributed by atoms with Crippen LogP contribution in [0, 0.1) is 0 Å². The lowest BCUT2D eigenvalue weighted by atomic mass is 10.1. The third kappa shape index (κ3) is 4.26. The lowest BCUT2D eigenvalue weighted by Gasteiger charge is -2.20. The Bertz CT molecular complexity index is 586. The van der Waals surface area contributed by atoms with Crippen LogP contribution in [0.15, 0.2) is 27.6 Å². The van der Waals surface area contributed by atoms with Gasteiger partial charge in [0.25, 0.3) is 0 Å². The van der Waals surface area contributed by atoms with Crippen LogP contribution < -0.4 is 10.0 Å². The Balaban J connectivity index is 2.15. The molecule has 0 aliphatic carbocycles. The van der Waals surface area contributed by atoms with Crippen molar-refractivity contribution in [1.82, 2.24) is 10.0 Å². The van der Waals surface area contributed by atoms with Crippen LogP contribution in [0.4, 0.5) is 0 Å². The SMILES string of the molecule is CNCc1ccc(S(=O)(=O)NC(C)C2CCCO2)c(Br)c1. The summed E-state index contributed by atoms with van der Waals surface area (Å²) in [6, 6.07) is 5.02. The molecule has 0 bridgehead atoms. The second-order valence-electron chi connectivity index (χ2n) is 5.26. The van der Waals surface area contributed by atoms with Crippen LogP contribution >= 0.6 is 15.9 Å².